The van der Waals surface area contributed by atoms with Crippen LogP contribution in [-0.4, -0.2) is 128 Å². The van der Waals surface area contributed by atoms with Gasteiger partial charge in [0.25, 0.3) is 5.60 Å². The van der Waals surface area contributed by atoms with Gasteiger partial charge in [0.2, 0.25) is 25.0 Å². The highest BCUT2D eigenvalue weighted by Gasteiger charge is 2.75. The molecule has 3 aromatic rings. The Morgan fingerprint density at radius 3 is 0.947 bits per heavy atom. The summed E-state index contributed by atoms with van der Waals surface area (Å²) in [5.74, 6) is 11.1. The van der Waals surface area contributed by atoms with Gasteiger partial charge >= 0.3 is 24.7 Å². The van der Waals surface area contributed by atoms with Gasteiger partial charge in [-0.15, -0.1) is 0 Å². The molecule has 0 radical (unpaired) electrons. The van der Waals surface area contributed by atoms with E-state index < -0.39 is 86.1 Å². The Hall–Kier alpha value is -2.89. The van der Waals surface area contributed by atoms with Crippen LogP contribution in [0.3, 0.4) is 0 Å². The maximum absolute atomic E-state index is 13.7. The first-order valence-electron chi connectivity index (χ1n) is 40.1. The second-order valence-corrected chi connectivity index (χ2v) is 47.2. The molecule has 23 atom stereocenters. The highest BCUT2D eigenvalue weighted by atomic mass is 28.4. The van der Waals surface area contributed by atoms with Crippen LogP contribution in [0.5, 0.6) is 0 Å². The lowest BCUT2D eigenvalue weighted by Gasteiger charge is -2.43. The van der Waals surface area contributed by atoms with E-state index in [2.05, 4.69) is 117 Å². The summed E-state index contributed by atoms with van der Waals surface area (Å²) >= 11 is 0. The highest BCUT2D eigenvalue weighted by molar-refractivity contribution is 6.85. The number of rotatable bonds is 24. The number of fused-ring (bicyclic) bond motifs is 27. The van der Waals surface area contributed by atoms with Gasteiger partial charge in [-0.1, -0.05) is 136 Å². The van der Waals surface area contributed by atoms with Crippen molar-refractivity contribution in [2.24, 2.45) is 124 Å². The Bertz CT molecular complexity index is 3070. The van der Waals surface area contributed by atoms with E-state index >= 15 is 0 Å². The molecule has 0 N–H and O–H groups in total. The lowest BCUT2D eigenvalue weighted by atomic mass is 9.65. The standard InChI is InChI=1S/C19H26F6O2.C19H29F3O2.C18H27F3O2.3C9H14OSi.6CH4/c1-2-26-9-27-17(18(20,21)22,19(23,24)25)8-13-6-12-7-14(13)16-11-4-3-10(5-11)15(12)16;1-3-23-10-24-18(2,19(20,21)22)9-14-7-13-8-15(14)17-12-5-4-11(6-12)16(13)17;1-2-22-9-23-15(18(19,20)21)8-12-6-13-7-14(12)17-11-4-3-10(5-11)16(13)17;3*1-10-11(2,3)9-7-5-4-6-8-9;;;;;;/h10-16H,2-9H2,1H3;11-17H,3-10H2,1-2H3;10-17H,2-9H2,1H3;3*4-8H,1-3H3;6*1H4. The van der Waals surface area contributed by atoms with Crippen molar-refractivity contribution in [3.63, 3.8) is 0 Å². The van der Waals surface area contributed by atoms with Crippen molar-refractivity contribution in [2.45, 2.75) is 269 Å². The summed E-state index contributed by atoms with van der Waals surface area (Å²) in [5.41, 5.74) is -6.22. The summed E-state index contributed by atoms with van der Waals surface area (Å²) in [6.45, 7) is 18.6. The zero-order chi connectivity index (χ0) is 77.9. The fourth-order valence-electron chi connectivity index (χ4n) is 23.7. The third kappa shape index (κ3) is 22.6. The first-order valence-corrected chi connectivity index (χ1v) is 48.9. The zero-order valence-corrected chi connectivity index (χ0v) is 68.5. The Labute approximate surface area is 677 Å². The number of benzene rings is 3. The molecule has 24 heteroatoms. The van der Waals surface area contributed by atoms with Gasteiger partial charge in [-0.05, 0) is 322 Å². The summed E-state index contributed by atoms with van der Waals surface area (Å²) < 4.78 is 209. The molecule has 12 fully saturated rings. The van der Waals surface area contributed by atoms with Crippen LogP contribution in [0.15, 0.2) is 91.0 Å². The molecule has 0 aromatic heterocycles. The summed E-state index contributed by atoms with van der Waals surface area (Å²) in [4.78, 5) is 0. The third-order valence-corrected chi connectivity index (χ3v) is 37.2. The Morgan fingerprint density at radius 2 is 0.646 bits per heavy atom. The fourth-order valence-corrected chi connectivity index (χ4v) is 27.4. The molecule has 12 aliphatic rings. The van der Waals surface area contributed by atoms with Gasteiger partial charge in [-0.25, -0.2) is 0 Å². The van der Waals surface area contributed by atoms with Crippen LogP contribution in [-0.2, 0) is 41.7 Å². The molecule has 3 aromatic carbocycles. The second-order valence-electron chi connectivity index (χ2n) is 35.2. The number of halogens is 12. The highest BCUT2D eigenvalue weighted by Crippen LogP contribution is 2.73. The monoisotopic (exact) mass is 1670 g/mol. The van der Waals surface area contributed by atoms with Gasteiger partial charge in [-0.3, -0.25) is 0 Å². The minimum Gasteiger partial charge on any atom is -0.416 e. The first-order chi connectivity index (χ1) is 50.4. The van der Waals surface area contributed by atoms with Crippen LogP contribution in [0.4, 0.5) is 52.7 Å². The van der Waals surface area contributed by atoms with Crippen LogP contribution < -0.4 is 15.6 Å². The van der Waals surface area contributed by atoms with Crippen molar-refractivity contribution in [3.8, 4) is 0 Å². The van der Waals surface area contributed by atoms with E-state index in [1.165, 1.54) is 87.2 Å². The van der Waals surface area contributed by atoms with Gasteiger partial charge in [-0.2, -0.15) is 52.7 Å². The topological polar surface area (TPSA) is 83.1 Å². The smallest absolute Gasteiger partial charge is 0.416 e. The predicted octanol–water partition coefficient (Wildman–Crippen LogP) is 24.3. The molecule has 12 saturated carbocycles. The fraction of sp³-hybridized carbons (Fsp3) is 0.798. The molecule has 0 saturated heterocycles. The average molecular weight is 1670 g/mol. The van der Waals surface area contributed by atoms with Gasteiger partial charge in [0.15, 0.2) is 11.7 Å². The van der Waals surface area contributed by atoms with Crippen LogP contribution in [0, 0.1) is 124 Å². The van der Waals surface area contributed by atoms with Gasteiger partial charge in [0.1, 0.15) is 20.4 Å². The van der Waals surface area contributed by atoms with Crippen molar-refractivity contribution in [3.05, 3.63) is 91.0 Å². The molecule has 9 nitrogen and oxygen atoms in total. The minimum atomic E-state index is -5.53. The quantitative estimate of drug-likeness (QED) is 0.0286. The zero-order valence-electron chi connectivity index (χ0n) is 65.5. The molecule has 12 bridgehead atoms. The Kier molecular flexibility index (Phi) is 38.1. The molecule has 15 rings (SSSR count). The summed E-state index contributed by atoms with van der Waals surface area (Å²) in [5, 5.41) is 4.05. The first kappa shape index (κ1) is 102. The molecule has 0 spiro atoms. The molecular formula is C89H148F12O9Si3. The van der Waals surface area contributed by atoms with Gasteiger partial charge in [0, 0.05) is 41.2 Å². The Balaban J connectivity index is 0.000000293. The maximum atomic E-state index is 13.7. The third-order valence-electron chi connectivity index (χ3n) is 29.0. The molecule has 0 aliphatic heterocycles. The molecule has 654 valence electrons. The predicted molar refractivity (Wildman–Crippen MR) is 440 cm³/mol. The second kappa shape index (κ2) is 42.1. The molecule has 23 unspecified atom stereocenters. The van der Waals surface area contributed by atoms with Crippen LogP contribution in [0.25, 0.3) is 0 Å². The number of ether oxygens (including phenoxy) is 6. The lowest BCUT2D eigenvalue weighted by Crippen LogP contribution is -2.60. The van der Waals surface area contributed by atoms with Crippen LogP contribution >= 0.6 is 0 Å². The lowest BCUT2D eigenvalue weighted by molar-refractivity contribution is -0.398. The van der Waals surface area contributed by atoms with Crippen LogP contribution in [0.1, 0.15) is 188 Å². The van der Waals surface area contributed by atoms with Gasteiger partial charge in [0.05, 0.1) is 0 Å². The number of hydrogen-bond acceptors (Lipinski definition) is 9. The van der Waals surface area contributed by atoms with Crippen molar-refractivity contribution in [2.75, 3.05) is 61.5 Å². The molecular weight excluding hydrogens is 1530 g/mol. The number of alkyl halides is 12. The van der Waals surface area contributed by atoms with E-state index in [9.17, 15) is 52.7 Å². The van der Waals surface area contributed by atoms with Gasteiger partial charge < -0.3 is 41.7 Å². The molecule has 12 aliphatic carbocycles. The summed E-state index contributed by atoms with van der Waals surface area (Å²) in [6.07, 6.45) is -5.02. The summed E-state index contributed by atoms with van der Waals surface area (Å²) in [6, 6.07) is 31.3. The largest absolute Gasteiger partial charge is 0.426 e. The summed E-state index contributed by atoms with van der Waals surface area (Å²) in [7, 11) is 0.713. The van der Waals surface area contributed by atoms with E-state index in [1.54, 1.807) is 35.2 Å². The maximum Gasteiger partial charge on any atom is 0.426 e. The SMILES string of the molecule is C.C.C.C.C.C.CCOCOC(C)(CC1CC2CC1C1C3CCC(C3)C21)C(F)(F)F.CCOCOC(CC1CC2CC1C1C3CCC(C3)C21)(C(F)(F)F)C(F)(F)F.CCOCOC(CC1CC2CC1C1C3CCC(C3)C21)C(F)(F)F.CO[Si](C)(C)c1ccccc1.CO[Si](C)(C)c1ccccc1.CO[Si](C)(C)c1ccccc1. The molecule has 0 heterocycles. The molecule has 113 heavy (non-hydrogen) atoms. The van der Waals surface area contributed by atoms with E-state index in [0.29, 0.717) is 72.9 Å². The normalized spacial score (nSPS) is 32.1. The average Bonchev–Trinajstić information content (AvgIpc) is 1.55. The molecule has 0 amide bonds. The van der Waals surface area contributed by atoms with Crippen molar-refractivity contribution in [1.82, 2.24) is 0 Å². The number of hydrogen-bond donors (Lipinski definition) is 0. The van der Waals surface area contributed by atoms with E-state index in [1.807, 2.05) is 18.2 Å². The van der Waals surface area contributed by atoms with Crippen LogP contribution in [0.2, 0.25) is 39.3 Å². The van der Waals surface area contributed by atoms with Crippen molar-refractivity contribution in [1.29, 1.82) is 0 Å². The Morgan fingerprint density at radius 1 is 0.354 bits per heavy atom. The minimum absolute atomic E-state index is 0. The van der Waals surface area contributed by atoms with E-state index in [-0.39, 0.29) is 95.3 Å². The van der Waals surface area contributed by atoms with E-state index in [4.69, 9.17) is 37.0 Å². The van der Waals surface area contributed by atoms with E-state index in [0.717, 1.165) is 79.4 Å². The van der Waals surface area contributed by atoms with Crippen molar-refractivity contribution < 1.29 is 94.4 Å². The van der Waals surface area contributed by atoms with Crippen molar-refractivity contribution >= 4 is 40.5 Å².